The molecule has 1 heterocycles. The number of ether oxygens (including phenoxy) is 1. The van der Waals surface area contributed by atoms with E-state index >= 15 is 0 Å². The lowest BCUT2D eigenvalue weighted by molar-refractivity contribution is 0.0696. The summed E-state index contributed by atoms with van der Waals surface area (Å²) >= 11 is 0. The van der Waals surface area contributed by atoms with E-state index in [9.17, 15) is 23.1 Å². The second-order valence-electron chi connectivity index (χ2n) is 10.3. The maximum Gasteiger partial charge on any atom is 0.335 e. The average Bonchev–Trinajstić information content (AvgIpc) is 3.13. The molecular weight excluding hydrogens is 515 g/mol. The van der Waals surface area contributed by atoms with Crippen LogP contribution < -0.4 is 4.74 Å². The standard InChI is InChI=1S/C33H32F3NO3/c1-40-29-8-3-7-28(31(29)32(35)36)27-6-2-5-24-18-25(33(38)39)13-14-26(24)30(27)23-11-9-21(10-12-23)17-22-19-37(20-22)16-4-15-34/h3,7-14,17-18,32H,2,4-6,15-16,19-20H2,1H3,(H,38,39). The van der Waals surface area contributed by atoms with Gasteiger partial charge >= 0.3 is 5.97 Å². The summed E-state index contributed by atoms with van der Waals surface area (Å²) in [6.07, 6.45) is 1.86. The number of halogens is 3. The molecule has 0 unspecified atom stereocenters. The predicted octanol–water partition coefficient (Wildman–Crippen LogP) is 7.69. The Hall–Kier alpha value is -3.84. The van der Waals surface area contributed by atoms with Gasteiger partial charge < -0.3 is 9.84 Å². The molecule has 0 radical (unpaired) electrons. The molecule has 4 nitrogen and oxygen atoms in total. The van der Waals surface area contributed by atoms with Crippen molar-refractivity contribution < 1.29 is 27.8 Å². The van der Waals surface area contributed by atoms with E-state index in [1.54, 1.807) is 36.4 Å². The van der Waals surface area contributed by atoms with Crippen LogP contribution in [0.1, 0.15) is 69.4 Å². The normalized spacial score (nSPS) is 15.5. The van der Waals surface area contributed by atoms with Crippen LogP contribution in [0.4, 0.5) is 13.2 Å². The summed E-state index contributed by atoms with van der Waals surface area (Å²) in [4.78, 5) is 13.9. The molecule has 7 heteroatoms. The lowest BCUT2D eigenvalue weighted by Gasteiger charge is -2.33. The molecule has 5 rings (SSSR count). The first kappa shape index (κ1) is 27.7. The van der Waals surface area contributed by atoms with E-state index in [2.05, 4.69) is 11.0 Å². The lowest BCUT2D eigenvalue weighted by atomic mass is 9.85. The van der Waals surface area contributed by atoms with Crippen molar-refractivity contribution >= 4 is 23.2 Å². The largest absolute Gasteiger partial charge is 0.496 e. The van der Waals surface area contributed by atoms with E-state index < -0.39 is 12.4 Å². The van der Waals surface area contributed by atoms with E-state index in [0.29, 0.717) is 31.2 Å². The highest BCUT2D eigenvalue weighted by molar-refractivity contribution is 6.01. The first-order valence-electron chi connectivity index (χ1n) is 13.5. The van der Waals surface area contributed by atoms with Crippen molar-refractivity contribution in [3.05, 3.63) is 105 Å². The molecule has 0 saturated carbocycles. The number of carboxylic acids is 1. The Balaban J connectivity index is 1.61. The van der Waals surface area contributed by atoms with Gasteiger partial charge in [0.05, 0.1) is 24.9 Å². The summed E-state index contributed by atoms with van der Waals surface area (Å²) in [7, 11) is 1.39. The van der Waals surface area contributed by atoms with Crippen LogP contribution in [0.15, 0.2) is 66.2 Å². The topological polar surface area (TPSA) is 49.8 Å². The van der Waals surface area contributed by atoms with Gasteiger partial charge in [0, 0.05) is 19.6 Å². The van der Waals surface area contributed by atoms with Crippen LogP contribution in [0.3, 0.4) is 0 Å². The van der Waals surface area contributed by atoms with E-state index in [4.69, 9.17) is 4.74 Å². The number of rotatable bonds is 9. The van der Waals surface area contributed by atoms with Gasteiger partial charge in [-0.1, -0.05) is 48.5 Å². The number of methoxy groups -OCH3 is 1. The van der Waals surface area contributed by atoms with E-state index in [0.717, 1.165) is 53.0 Å². The number of hydrogen-bond donors (Lipinski definition) is 1. The number of carboxylic acid groups (broad SMARTS) is 1. The molecule has 0 spiro atoms. The molecule has 1 N–H and O–H groups in total. The van der Waals surface area contributed by atoms with Gasteiger partial charge in [-0.3, -0.25) is 9.29 Å². The van der Waals surface area contributed by atoms with Crippen molar-refractivity contribution in [1.29, 1.82) is 0 Å². The Morgan fingerprint density at radius 1 is 1.05 bits per heavy atom. The Bertz CT molecular complexity index is 1450. The maximum atomic E-state index is 14.4. The monoisotopic (exact) mass is 547 g/mol. The van der Waals surface area contributed by atoms with Gasteiger partial charge in [-0.15, -0.1) is 0 Å². The van der Waals surface area contributed by atoms with Gasteiger partial charge in [0.15, 0.2) is 0 Å². The third-order valence-corrected chi connectivity index (χ3v) is 7.66. The van der Waals surface area contributed by atoms with Crippen molar-refractivity contribution in [1.82, 2.24) is 4.90 Å². The molecule has 1 fully saturated rings. The molecule has 1 saturated heterocycles. The number of benzene rings is 3. The Labute approximate surface area is 232 Å². The van der Waals surface area contributed by atoms with Crippen LogP contribution in [-0.2, 0) is 6.42 Å². The molecule has 2 aliphatic rings. The molecule has 3 aromatic rings. The summed E-state index contributed by atoms with van der Waals surface area (Å²) in [5.41, 5.74) is 7.10. The van der Waals surface area contributed by atoms with E-state index in [1.165, 1.54) is 12.7 Å². The first-order chi connectivity index (χ1) is 19.4. The number of hydrogen-bond acceptors (Lipinski definition) is 3. The highest BCUT2D eigenvalue weighted by Gasteiger charge is 2.27. The highest BCUT2D eigenvalue weighted by Crippen LogP contribution is 2.44. The number of alkyl halides is 3. The highest BCUT2D eigenvalue weighted by atomic mass is 19.3. The second-order valence-corrected chi connectivity index (χ2v) is 10.3. The molecule has 1 aliphatic carbocycles. The van der Waals surface area contributed by atoms with E-state index in [1.807, 2.05) is 24.3 Å². The van der Waals surface area contributed by atoms with Crippen LogP contribution in [0.5, 0.6) is 5.75 Å². The van der Waals surface area contributed by atoms with Crippen LogP contribution in [-0.4, -0.2) is 49.4 Å². The number of aromatic carboxylic acids is 1. The Morgan fingerprint density at radius 2 is 1.82 bits per heavy atom. The first-order valence-corrected chi connectivity index (χ1v) is 13.5. The molecule has 208 valence electrons. The van der Waals surface area contributed by atoms with Gasteiger partial charge in [0.1, 0.15) is 5.75 Å². The fraction of sp³-hybridized carbons (Fsp3) is 0.303. The fourth-order valence-electron chi connectivity index (χ4n) is 5.77. The number of nitrogens with zero attached hydrogens (tertiary/aromatic N) is 1. The van der Waals surface area contributed by atoms with Gasteiger partial charge in [-0.05, 0) is 88.4 Å². The maximum absolute atomic E-state index is 14.4. The van der Waals surface area contributed by atoms with Crippen molar-refractivity contribution in [3.8, 4) is 5.75 Å². The predicted molar refractivity (Wildman–Crippen MR) is 152 cm³/mol. The molecule has 0 atom stereocenters. The van der Waals surface area contributed by atoms with Crippen LogP contribution in [0, 0.1) is 0 Å². The van der Waals surface area contributed by atoms with Crippen molar-refractivity contribution in [3.63, 3.8) is 0 Å². The summed E-state index contributed by atoms with van der Waals surface area (Å²) in [5.74, 6) is -0.852. The summed E-state index contributed by atoms with van der Waals surface area (Å²) < 4.78 is 46.6. The lowest BCUT2D eigenvalue weighted by Crippen LogP contribution is -2.40. The average molecular weight is 548 g/mol. The molecule has 0 bridgehead atoms. The van der Waals surface area contributed by atoms with Crippen molar-refractivity contribution in [2.24, 2.45) is 0 Å². The van der Waals surface area contributed by atoms with Gasteiger partial charge in [-0.25, -0.2) is 13.6 Å². The van der Waals surface area contributed by atoms with Crippen LogP contribution >= 0.6 is 0 Å². The Morgan fingerprint density at radius 3 is 2.50 bits per heavy atom. The molecule has 1 aliphatic heterocycles. The number of carbonyl (C=O) groups is 1. The number of allylic oxidation sites excluding steroid dienone is 1. The zero-order chi connectivity index (χ0) is 28.2. The molecule has 40 heavy (non-hydrogen) atoms. The van der Waals surface area contributed by atoms with Gasteiger partial charge in [-0.2, -0.15) is 0 Å². The second kappa shape index (κ2) is 12.1. The van der Waals surface area contributed by atoms with Crippen LogP contribution in [0.25, 0.3) is 17.2 Å². The fourth-order valence-corrected chi connectivity index (χ4v) is 5.77. The minimum atomic E-state index is -2.72. The molecule has 0 amide bonds. The third kappa shape index (κ3) is 5.70. The Kier molecular flexibility index (Phi) is 8.40. The summed E-state index contributed by atoms with van der Waals surface area (Å²) in [6, 6.07) is 18.1. The van der Waals surface area contributed by atoms with Gasteiger partial charge in [0.2, 0.25) is 0 Å². The minimum absolute atomic E-state index is 0.133. The van der Waals surface area contributed by atoms with Crippen molar-refractivity contribution in [2.75, 3.05) is 33.4 Å². The number of likely N-dealkylation sites (tertiary alicyclic amines) is 1. The minimum Gasteiger partial charge on any atom is -0.496 e. The smallest absolute Gasteiger partial charge is 0.335 e. The third-order valence-electron chi connectivity index (χ3n) is 7.66. The van der Waals surface area contributed by atoms with Crippen LogP contribution in [0.2, 0.25) is 0 Å². The summed E-state index contributed by atoms with van der Waals surface area (Å²) in [5, 5.41) is 9.58. The summed E-state index contributed by atoms with van der Waals surface area (Å²) in [6.45, 7) is 2.13. The zero-order valence-electron chi connectivity index (χ0n) is 22.4. The quantitative estimate of drug-likeness (QED) is 0.299. The number of aryl methyl sites for hydroxylation is 1. The number of fused-ring (bicyclic) bond motifs is 1. The molecule has 3 aromatic carbocycles. The zero-order valence-corrected chi connectivity index (χ0v) is 22.4. The van der Waals surface area contributed by atoms with E-state index in [-0.39, 0.29) is 23.6 Å². The van der Waals surface area contributed by atoms with Gasteiger partial charge in [0.25, 0.3) is 6.43 Å². The SMILES string of the molecule is COc1cccc(C2=C(c3ccc(C=C4CN(CCCF)C4)cc3)c3ccc(C(=O)O)cc3CCC2)c1C(F)F. The molecular formula is C33H32F3NO3. The van der Waals surface area contributed by atoms with Crippen molar-refractivity contribution in [2.45, 2.75) is 32.1 Å². The molecule has 0 aromatic heterocycles.